The summed E-state index contributed by atoms with van der Waals surface area (Å²) < 4.78 is 4.38. The van der Waals surface area contributed by atoms with Gasteiger partial charge in [0.05, 0.1) is 6.33 Å². The average molecular weight is 284 g/mol. The Bertz CT molecular complexity index is 705. The van der Waals surface area contributed by atoms with Gasteiger partial charge in [-0.2, -0.15) is 0 Å². The number of hydrogen-bond acceptors (Lipinski definition) is 3. The third-order valence-corrected chi connectivity index (χ3v) is 3.67. The first-order valence-corrected chi connectivity index (χ1v) is 7.31. The van der Waals surface area contributed by atoms with Gasteiger partial charge >= 0.3 is 0 Å². The van der Waals surface area contributed by atoms with Gasteiger partial charge in [0.25, 0.3) is 0 Å². The van der Waals surface area contributed by atoms with Crippen molar-refractivity contribution in [3.63, 3.8) is 0 Å². The van der Waals surface area contributed by atoms with Gasteiger partial charge in [0.2, 0.25) is 0 Å². The molecule has 3 rings (SSSR count). The highest BCUT2D eigenvalue weighted by Gasteiger charge is 2.11. The van der Waals surface area contributed by atoms with E-state index in [9.17, 15) is 0 Å². The number of aryl methyl sites for hydroxylation is 4. The number of imidazole rings is 3. The molecule has 0 aromatic carbocycles. The fraction of sp³-hybridized carbons (Fsp3) is 0.400. The summed E-state index contributed by atoms with van der Waals surface area (Å²) in [4.78, 5) is 16.2. The van der Waals surface area contributed by atoms with E-state index in [1.807, 2.05) is 31.7 Å². The summed E-state index contributed by atoms with van der Waals surface area (Å²) in [7, 11) is 0. The smallest absolute Gasteiger partial charge is 0.160 e. The molecule has 3 aromatic rings. The van der Waals surface area contributed by atoms with Gasteiger partial charge < -0.3 is 14.1 Å². The molecule has 110 valence electrons. The molecule has 0 radical (unpaired) electrons. The molecule has 6 nitrogen and oxygen atoms in total. The molecule has 0 saturated heterocycles. The Balaban J connectivity index is 1.67. The Labute approximate surface area is 123 Å². The number of rotatable bonds is 6. The van der Waals surface area contributed by atoms with Gasteiger partial charge in [0.15, 0.2) is 5.82 Å². The van der Waals surface area contributed by atoms with Crippen LogP contribution < -0.4 is 0 Å². The molecule has 21 heavy (non-hydrogen) atoms. The lowest BCUT2D eigenvalue weighted by molar-refractivity contribution is 0.552. The maximum atomic E-state index is 4.43. The molecule has 0 amide bonds. The van der Waals surface area contributed by atoms with Crippen LogP contribution in [0.3, 0.4) is 0 Å². The van der Waals surface area contributed by atoms with E-state index >= 15 is 0 Å². The molecule has 0 bridgehead atoms. The molecule has 0 saturated carbocycles. The second kappa shape index (κ2) is 5.95. The zero-order chi connectivity index (χ0) is 14.7. The minimum atomic E-state index is 0.920. The van der Waals surface area contributed by atoms with Crippen LogP contribution in [0.25, 0.3) is 11.5 Å². The summed E-state index contributed by atoms with van der Waals surface area (Å²) in [6.07, 6.45) is 11.5. The first-order valence-electron chi connectivity index (χ1n) is 7.31. The van der Waals surface area contributed by atoms with E-state index in [2.05, 4.69) is 36.0 Å². The molecule has 0 spiro atoms. The highest BCUT2D eigenvalue weighted by Crippen LogP contribution is 2.18. The van der Waals surface area contributed by atoms with E-state index < -0.39 is 0 Å². The van der Waals surface area contributed by atoms with Crippen LogP contribution in [0.1, 0.15) is 24.9 Å². The van der Waals surface area contributed by atoms with Crippen LogP contribution in [0.5, 0.6) is 0 Å². The predicted octanol–water partition coefficient (Wildman–Crippen LogP) is 2.43. The Morgan fingerprint density at radius 3 is 2.57 bits per heavy atom. The van der Waals surface area contributed by atoms with Gasteiger partial charge in [0, 0.05) is 50.0 Å². The highest BCUT2D eigenvalue weighted by atomic mass is 15.1. The summed E-state index contributed by atoms with van der Waals surface area (Å²) in [5, 5.41) is 0. The summed E-state index contributed by atoms with van der Waals surface area (Å²) in [6, 6.07) is 0. The van der Waals surface area contributed by atoms with E-state index in [0.29, 0.717) is 0 Å². The molecular weight excluding hydrogens is 264 g/mol. The monoisotopic (exact) mass is 284 g/mol. The van der Waals surface area contributed by atoms with Crippen molar-refractivity contribution in [2.75, 3.05) is 0 Å². The SMILES string of the molecule is CCc1nccn1CCCn1ccnc1-c1nc[nH]c1C. The quantitative estimate of drug-likeness (QED) is 0.756. The number of H-pyrrole nitrogens is 1. The van der Waals surface area contributed by atoms with Crippen LogP contribution in [0.2, 0.25) is 0 Å². The van der Waals surface area contributed by atoms with Gasteiger partial charge in [-0.15, -0.1) is 0 Å². The van der Waals surface area contributed by atoms with Gasteiger partial charge in [-0.1, -0.05) is 6.92 Å². The fourth-order valence-electron chi connectivity index (χ4n) is 2.56. The lowest BCUT2D eigenvalue weighted by Gasteiger charge is -2.09. The summed E-state index contributed by atoms with van der Waals surface area (Å²) in [6.45, 7) is 6.04. The average Bonchev–Trinajstić information content (AvgIpc) is 3.19. The number of hydrogen-bond donors (Lipinski definition) is 1. The molecule has 1 N–H and O–H groups in total. The number of nitrogens with zero attached hydrogens (tertiary/aromatic N) is 5. The normalized spacial score (nSPS) is 11.1. The summed E-state index contributed by atoms with van der Waals surface area (Å²) in [5.74, 6) is 2.07. The van der Waals surface area contributed by atoms with Crippen molar-refractivity contribution in [1.82, 2.24) is 29.1 Å². The van der Waals surface area contributed by atoms with Crippen LogP contribution >= 0.6 is 0 Å². The van der Waals surface area contributed by atoms with Crippen molar-refractivity contribution in [2.24, 2.45) is 0 Å². The molecule has 3 heterocycles. The van der Waals surface area contributed by atoms with Crippen molar-refractivity contribution < 1.29 is 0 Å². The number of aromatic nitrogens is 6. The molecule has 0 fully saturated rings. The minimum Gasteiger partial charge on any atom is -0.348 e. The van der Waals surface area contributed by atoms with Crippen molar-refractivity contribution in [1.29, 1.82) is 0 Å². The lowest BCUT2D eigenvalue weighted by atomic mass is 10.3. The molecule has 0 aliphatic carbocycles. The standard InChI is InChI=1S/C15H20N6/c1-3-13-16-5-9-20(13)7-4-8-21-10-6-17-15(21)14-12(2)18-11-19-14/h5-6,9-11H,3-4,7-8H2,1-2H3,(H,18,19). The Morgan fingerprint density at radius 2 is 1.81 bits per heavy atom. The zero-order valence-corrected chi connectivity index (χ0v) is 12.5. The highest BCUT2D eigenvalue weighted by molar-refractivity contribution is 5.52. The lowest BCUT2D eigenvalue weighted by Crippen LogP contribution is -2.07. The van der Waals surface area contributed by atoms with Crippen LogP contribution in [-0.2, 0) is 19.5 Å². The van der Waals surface area contributed by atoms with E-state index in [0.717, 1.165) is 49.0 Å². The van der Waals surface area contributed by atoms with Crippen LogP contribution in [-0.4, -0.2) is 29.1 Å². The van der Waals surface area contributed by atoms with Crippen molar-refractivity contribution in [3.8, 4) is 11.5 Å². The molecule has 0 atom stereocenters. The molecule has 0 aliphatic rings. The largest absolute Gasteiger partial charge is 0.348 e. The van der Waals surface area contributed by atoms with Crippen molar-refractivity contribution in [3.05, 3.63) is 42.6 Å². The maximum absolute atomic E-state index is 4.43. The third kappa shape index (κ3) is 2.74. The van der Waals surface area contributed by atoms with E-state index in [4.69, 9.17) is 0 Å². The van der Waals surface area contributed by atoms with Crippen molar-refractivity contribution in [2.45, 2.75) is 39.8 Å². The van der Waals surface area contributed by atoms with E-state index in [1.54, 1.807) is 6.33 Å². The molecule has 0 aliphatic heterocycles. The number of aromatic amines is 1. The third-order valence-electron chi connectivity index (χ3n) is 3.67. The predicted molar refractivity (Wildman–Crippen MR) is 80.8 cm³/mol. The van der Waals surface area contributed by atoms with E-state index in [1.165, 1.54) is 0 Å². The van der Waals surface area contributed by atoms with Gasteiger partial charge in [-0.3, -0.25) is 0 Å². The Kier molecular flexibility index (Phi) is 3.85. The summed E-state index contributed by atoms with van der Waals surface area (Å²) >= 11 is 0. The fourth-order valence-corrected chi connectivity index (χ4v) is 2.56. The van der Waals surface area contributed by atoms with Gasteiger partial charge in [0.1, 0.15) is 11.5 Å². The minimum absolute atomic E-state index is 0.920. The first kappa shape index (κ1) is 13.6. The topological polar surface area (TPSA) is 64.3 Å². The second-order valence-corrected chi connectivity index (χ2v) is 5.06. The first-order chi connectivity index (χ1) is 10.3. The molecular formula is C15H20N6. The summed E-state index contributed by atoms with van der Waals surface area (Å²) in [5.41, 5.74) is 1.97. The second-order valence-electron chi connectivity index (χ2n) is 5.06. The van der Waals surface area contributed by atoms with Crippen LogP contribution in [0.15, 0.2) is 31.1 Å². The Hall–Kier alpha value is -2.37. The van der Waals surface area contributed by atoms with Gasteiger partial charge in [-0.05, 0) is 13.3 Å². The van der Waals surface area contributed by atoms with Crippen LogP contribution in [0, 0.1) is 6.92 Å². The number of nitrogens with one attached hydrogen (secondary N) is 1. The van der Waals surface area contributed by atoms with E-state index in [-0.39, 0.29) is 0 Å². The van der Waals surface area contributed by atoms with Gasteiger partial charge in [-0.25, -0.2) is 15.0 Å². The molecule has 6 heteroatoms. The molecule has 3 aromatic heterocycles. The maximum Gasteiger partial charge on any atom is 0.160 e. The zero-order valence-electron chi connectivity index (χ0n) is 12.5. The van der Waals surface area contributed by atoms with Crippen molar-refractivity contribution >= 4 is 0 Å². The Morgan fingerprint density at radius 1 is 1.05 bits per heavy atom. The molecule has 0 unspecified atom stereocenters. The van der Waals surface area contributed by atoms with Crippen LogP contribution in [0.4, 0.5) is 0 Å².